The van der Waals surface area contributed by atoms with E-state index in [0.717, 1.165) is 11.1 Å². The maximum Gasteiger partial charge on any atom is 0.354 e. The highest BCUT2D eigenvalue weighted by Gasteiger charge is 2.08. The lowest BCUT2D eigenvalue weighted by Crippen LogP contribution is -2.01. The minimum absolute atomic E-state index is 0.00682. The van der Waals surface area contributed by atoms with Gasteiger partial charge in [-0.15, -0.1) is 0 Å². The van der Waals surface area contributed by atoms with Gasteiger partial charge in [-0.25, -0.2) is 9.78 Å². The Morgan fingerprint density at radius 2 is 2.06 bits per heavy atom. The van der Waals surface area contributed by atoms with Crippen LogP contribution in [0.2, 0.25) is 0 Å². The molecule has 0 aliphatic rings. The molecule has 0 bridgehead atoms. The lowest BCUT2D eigenvalue weighted by Gasteiger charge is -2.05. The SMILES string of the molecule is Cc1cc(-c2cccc(C#N)c2)cc(C(=O)O)n1. The van der Waals surface area contributed by atoms with Crippen molar-refractivity contribution in [3.8, 4) is 17.2 Å². The molecule has 2 aromatic rings. The fraction of sp³-hybridized carbons (Fsp3) is 0.0714. The maximum atomic E-state index is 10.9. The molecule has 1 aromatic carbocycles. The van der Waals surface area contributed by atoms with Crippen LogP contribution in [0.5, 0.6) is 0 Å². The second kappa shape index (κ2) is 4.68. The van der Waals surface area contributed by atoms with Gasteiger partial charge in [-0.2, -0.15) is 5.26 Å². The van der Waals surface area contributed by atoms with Gasteiger partial charge >= 0.3 is 5.97 Å². The van der Waals surface area contributed by atoms with Crippen molar-refractivity contribution in [2.45, 2.75) is 6.92 Å². The summed E-state index contributed by atoms with van der Waals surface area (Å²) in [6, 6.07) is 12.4. The van der Waals surface area contributed by atoms with Crippen LogP contribution in [-0.2, 0) is 0 Å². The first-order chi connectivity index (χ1) is 8.60. The monoisotopic (exact) mass is 238 g/mol. The third-order valence-electron chi connectivity index (χ3n) is 2.50. The molecule has 0 unspecified atom stereocenters. The van der Waals surface area contributed by atoms with Gasteiger partial charge in [0.15, 0.2) is 0 Å². The summed E-state index contributed by atoms with van der Waals surface area (Å²) >= 11 is 0. The maximum absolute atomic E-state index is 10.9. The number of nitriles is 1. The summed E-state index contributed by atoms with van der Waals surface area (Å²) in [5, 5.41) is 17.8. The number of aromatic carboxylic acids is 1. The molecule has 0 amide bonds. The lowest BCUT2D eigenvalue weighted by atomic mass is 10.0. The van der Waals surface area contributed by atoms with Crippen LogP contribution < -0.4 is 0 Å². The molecule has 4 heteroatoms. The first-order valence-electron chi connectivity index (χ1n) is 5.32. The van der Waals surface area contributed by atoms with Crippen LogP contribution in [0.1, 0.15) is 21.7 Å². The number of aryl methyl sites for hydroxylation is 1. The summed E-state index contributed by atoms with van der Waals surface area (Å²) in [5.41, 5.74) is 2.73. The molecule has 0 aliphatic carbocycles. The predicted octanol–water partition coefficient (Wildman–Crippen LogP) is 2.63. The number of hydrogen-bond acceptors (Lipinski definition) is 3. The second-order valence-corrected chi connectivity index (χ2v) is 3.88. The zero-order chi connectivity index (χ0) is 13.1. The Bertz CT molecular complexity index is 657. The smallest absolute Gasteiger partial charge is 0.354 e. The van der Waals surface area contributed by atoms with Gasteiger partial charge in [0.05, 0.1) is 11.6 Å². The Balaban J connectivity index is 2.57. The van der Waals surface area contributed by atoms with E-state index < -0.39 is 5.97 Å². The molecule has 1 heterocycles. The first kappa shape index (κ1) is 11.8. The normalized spacial score (nSPS) is 9.78. The van der Waals surface area contributed by atoms with E-state index in [-0.39, 0.29) is 5.69 Å². The highest BCUT2D eigenvalue weighted by Crippen LogP contribution is 2.21. The van der Waals surface area contributed by atoms with Crippen LogP contribution in [0, 0.1) is 18.3 Å². The van der Waals surface area contributed by atoms with E-state index in [1.165, 1.54) is 6.07 Å². The number of aromatic nitrogens is 1. The standard InChI is InChI=1S/C14H10N2O2/c1-9-5-12(7-13(16-9)14(17)18)11-4-2-3-10(6-11)8-15/h2-7H,1H3,(H,17,18). The van der Waals surface area contributed by atoms with Crippen LogP contribution in [0.25, 0.3) is 11.1 Å². The molecule has 0 atom stereocenters. The average molecular weight is 238 g/mol. The van der Waals surface area contributed by atoms with E-state index in [2.05, 4.69) is 11.1 Å². The van der Waals surface area contributed by atoms with E-state index in [1.54, 1.807) is 31.2 Å². The molecule has 88 valence electrons. The van der Waals surface area contributed by atoms with Crippen molar-refractivity contribution in [3.63, 3.8) is 0 Å². The van der Waals surface area contributed by atoms with Gasteiger partial charge in [0.2, 0.25) is 0 Å². The molecule has 0 radical (unpaired) electrons. The van der Waals surface area contributed by atoms with Gasteiger partial charge < -0.3 is 5.11 Å². The Hall–Kier alpha value is -2.67. The minimum Gasteiger partial charge on any atom is -0.477 e. The predicted molar refractivity (Wildman–Crippen MR) is 66.1 cm³/mol. The molecule has 4 nitrogen and oxygen atoms in total. The molecule has 2 rings (SSSR count). The van der Waals surface area contributed by atoms with Gasteiger partial charge in [0.1, 0.15) is 5.69 Å². The van der Waals surface area contributed by atoms with Gasteiger partial charge in [-0.05, 0) is 42.3 Å². The van der Waals surface area contributed by atoms with Crippen molar-refractivity contribution in [1.82, 2.24) is 4.98 Å². The summed E-state index contributed by atoms with van der Waals surface area (Å²) in [4.78, 5) is 14.9. The first-order valence-corrected chi connectivity index (χ1v) is 5.32. The molecular formula is C14H10N2O2. The number of benzene rings is 1. The fourth-order valence-electron chi connectivity index (χ4n) is 1.71. The number of carboxylic acid groups (broad SMARTS) is 1. The summed E-state index contributed by atoms with van der Waals surface area (Å²) < 4.78 is 0. The van der Waals surface area contributed by atoms with Crippen LogP contribution in [-0.4, -0.2) is 16.1 Å². The minimum atomic E-state index is -1.06. The molecular weight excluding hydrogens is 228 g/mol. The number of hydrogen-bond donors (Lipinski definition) is 1. The van der Waals surface area contributed by atoms with Crippen LogP contribution in [0.4, 0.5) is 0 Å². The number of rotatable bonds is 2. The van der Waals surface area contributed by atoms with Gasteiger partial charge in [-0.3, -0.25) is 0 Å². The van der Waals surface area contributed by atoms with Crippen molar-refractivity contribution in [1.29, 1.82) is 5.26 Å². The molecule has 0 aliphatic heterocycles. The number of carbonyl (C=O) groups is 1. The Labute approximate surface area is 104 Å². The molecule has 1 aromatic heterocycles. The van der Waals surface area contributed by atoms with Gasteiger partial charge in [-0.1, -0.05) is 12.1 Å². The van der Waals surface area contributed by atoms with Crippen LogP contribution in [0.15, 0.2) is 36.4 Å². The summed E-state index contributed by atoms with van der Waals surface area (Å²) in [5.74, 6) is -1.06. The third-order valence-corrected chi connectivity index (χ3v) is 2.50. The number of nitrogens with zero attached hydrogens (tertiary/aromatic N) is 2. The molecule has 0 fully saturated rings. The molecule has 0 spiro atoms. The van der Waals surface area contributed by atoms with E-state index in [9.17, 15) is 4.79 Å². The Kier molecular flexibility index (Phi) is 3.07. The van der Waals surface area contributed by atoms with Crippen molar-refractivity contribution in [2.24, 2.45) is 0 Å². The second-order valence-electron chi connectivity index (χ2n) is 3.88. The molecule has 0 saturated carbocycles. The average Bonchev–Trinajstić information content (AvgIpc) is 2.38. The van der Waals surface area contributed by atoms with E-state index in [0.29, 0.717) is 11.3 Å². The molecule has 18 heavy (non-hydrogen) atoms. The van der Waals surface area contributed by atoms with Crippen molar-refractivity contribution in [3.05, 3.63) is 53.3 Å². The van der Waals surface area contributed by atoms with Crippen molar-refractivity contribution >= 4 is 5.97 Å². The summed E-state index contributed by atoms with van der Waals surface area (Å²) in [6.45, 7) is 1.74. The molecule has 1 N–H and O–H groups in total. The third kappa shape index (κ3) is 2.36. The highest BCUT2D eigenvalue weighted by molar-refractivity contribution is 5.87. The lowest BCUT2D eigenvalue weighted by molar-refractivity contribution is 0.0690. The topological polar surface area (TPSA) is 74.0 Å². The molecule has 0 saturated heterocycles. The Morgan fingerprint density at radius 3 is 2.72 bits per heavy atom. The number of pyridine rings is 1. The van der Waals surface area contributed by atoms with E-state index in [4.69, 9.17) is 10.4 Å². The van der Waals surface area contributed by atoms with E-state index in [1.807, 2.05) is 6.07 Å². The van der Waals surface area contributed by atoms with Gasteiger partial charge in [0.25, 0.3) is 0 Å². The quantitative estimate of drug-likeness (QED) is 0.872. The largest absolute Gasteiger partial charge is 0.477 e. The fourth-order valence-corrected chi connectivity index (χ4v) is 1.71. The summed E-state index contributed by atoms with van der Waals surface area (Å²) in [6.07, 6.45) is 0. The van der Waals surface area contributed by atoms with Crippen molar-refractivity contribution in [2.75, 3.05) is 0 Å². The van der Waals surface area contributed by atoms with E-state index >= 15 is 0 Å². The Morgan fingerprint density at radius 1 is 1.28 bits per heavy atom. The van der Waals surface area contributed by atoms with Crippen molar-refractivity contribution < 1.29 is 9.90 Å². The van der Waals surface area contributed by atoms with Gasteiger partial charge in [0, 0.05) is 5.69 Å². The van der Waals surface area contributed by atoms with Crippen LogP contribution in [0.3, 0.4) is 0 Å². The highest BCUT2D eigenvalue weighted by atomic mass is 16.4. The number of carboxylic acids is 1. The summed E-state index contributed by atoms with van der Waals surface area (Å²) in [7, 11) is 0. The zero-order valence-electron chi connectivity index (χ0n) is 9.71. The van der Waals surface area contributed by atoms with Crippen LogP contribution >= 0.6 is 0 Å². The zero-order valence-corrected chi connectivity index (χ0v) is 9.71.